The van der Waals surface area contributed by atoms with Crippen LogP contribution in [0.3, 0.4) is 0 Å². The molecule has 1 aliphatic carbocycles. The number of likely N-dealkylation sites (tertiary alicyclic amines) is 1. The van der Waals surface area contributed by atoms with Gasteiger partial charge in [0.1, 0.15) is 5.60 Å². The normalized spacial score (nSPS) is 30.0. The fourth-order valence-corrected chi connectivity index (χ4v) is 4.23. The minimum atomic E-state index is -0.412. The maximum atomic E-state index is 12.3. The van der Waals surface area contributed by atoms with Gasteiger partial charge < -0.3 is 15.0 Å². The third-order valence-corrected chi connectivity index (χ3v) is 5.68. The van der Waals surface area contributed by atoms with Gasteiger partial charge in [-0.15, -0.1) is 0 Å². The Labute approximate surface area is 148 Å². The van der Waals surface area contributed by atoms with E-state index >= 15 is 0 Å². The van der Waals surface area contributed by atoms with Gasteiger partial charge in [-0.05, 0) is 65.2 Å². The van der Waals surface area contributed by atoms with Crippen molar-refractivity contribution < 1.29 is 9.53 Å². The summed E-state index contributed by atoms with van der Waals surface area (Å²) < 4.78 is 5.55. The largest absolute Gasteiger partial charge is 0.444 e. The molecule has 2 fully saturated rings. The van der Waals surface area contributed by atoms with Crippen molar-refractivity contribution in [2.75, 3.05) is 13.1 Å². The highest BCUT2D eigenvalue weighted by molar-refractivity contribution is 5.68. The van der Waals surface area contributed by atoms with Crippen molar-refractivity contribution in [2.24, 2.45) is 11.8 Å². The molecule has 4 atom stereocenters. The number of hydrogen-bond acceptors (Lipinski definition) is 3. The molecule has 140 valence electrons. The number of carbonyl (C=O) groups is 1. The summed E-state index contributed by atoms with van der Waals surface area (Å²) in [7, 11) is 0. The van der Waals surface area contributed by atoms with E-state index in [0.717, 1.165) is 25.4 Å². The van der Waals surface area contributed by atoms with E-state index in [1.807, 2.05) is 25.7 Å². The number of hydrogen-bond donors (Lipinski definition) is 1. The second kappa shape index (κ2) is 8.55. The van der Waals surface area contributed by atoms with Crippen LogP contribution >= 0.6 is 0 Å². The molecule has 1 amide bonds. The van der Waals surface area contributed by atoms with Crippen molar-refractivity contribution >= 4 is 6.09 Å². The summed E-state index contributed by atoms with van der Waals surface area (Å²) in [5.41, 5.74) is -0.412. The molecule has 0 spiro atoms. The van der Waals surface area contributed by atoms with Crippen LogP contribution in [0.25, 0.3) is 0 Å². The highest BCUT2D eigenvalue weighted by Gasteiger charge is 2.31. The lowest BCUT2D eigenvalue weighted by molar-refractivity contribution is 0.0144. The molecule has 0 aromatic heterocycles. The van der Waals surface area contributed by atoms with E-state index in [4.69, 9.17) is 4.74 Å². The van der Waals surface area contributed by atoms with Gasteiger partial charge in [-0.2, -0.15) is 0 Å². The first-order valence-electron chi connectivity index (χ1n) is 10.0. The van der Waals surface area contributed by atoms with Gasteiger partial charge in [0.05, 0.1) is 0 Å². The maximum absolute atomic E-state index is 12.3. The van der Waals surface area contributed by atoms with Crippen molar-refractivity contribution in [1.82, 2.24) is 10.2 Å². The van der Waals surface area contributed by atoms with Crippen molar-refractivity contribution in [2.45, 2.75) is 97.2 Å². The average Bonchev–Trinajstić information content (AvgIpc) is 2.53. The van der Waals surface area contributed by atoms with Gasteiger partial charge in [0.25, 0.3) is 0 Å². The lowest BCUT2D eigenvalue weighted by Crippen LogP contribution is -2.50. The highest BCUT2D eigenvalue weighted by Crippen LogP contribution is 2.28. The Morgan fingerprint density at radius 2 is 2.00 bits per heavy atom. The van der Waals surface area contributed by atoms with Gasteiger partial charge in [0.2, 0.25) is 0 Å². The van der Waals surface area contributed by atoms with Crippen molar-refractivity contribution in [3.63, 3.8) is 0 Å². The summed E-state index contributed by atoms with van der Waals surface area (Å²) >= 11 is 0. The number of nitrogens with one attached hydrogen (secondary N) is 1. The SMILES string of the molecule is CCC1CCCC(NC(C)C2CCCN(C(=O)OC(C)(C)C)C2)C1. The molecule has 1 heterocycles. The maximum Gasteiger partial charge on any atom is 0.410 e. The zero-order chi connectivity index (χ0) is 17.7. The van der Waals surface area contributed by atoms with Gasteiger partial charge in [0, 0.05) is 25.2 Å². The molecule has 0 aromatic carbocycles. The molecule has 4 nitrogen and oxygen atoms in total. The first-order chi connectivity index (χ1) is 11.3. The molecule has 0 radical (unpaired) electrons. The highest BCUT2D eigenvalue weighted by atomic mass is 16.6. The van der Waals surface area contributed by atoms with E-state index in [2.05, 4.69) is 19.2 Å². The van der Waals surface area contributed by atoms with Crippen molar-refractivity contribution in [3.8, 4) is 0 Å². The van der Waals surface area contributed by atoms with E-state index in [-0.39, 0.29) is 6.09 Å². The quantitative estimate of drug-likeness (QED) is 0.816. The third-order valence-electron chi connectivity index (χ3n) is 5.68. The topological polar surface area (TPSA) is 41.6 Å². The monoisotopic (exact) mass is 338 g/mol. The summed E-state index contributed by atoms with van der Waals surface area (Å²) in [5, 5.41) is 3.88. The van der Waals surface area contributed by atoms with E-state index < -0.39 is 5.60 Å². The van der Waals surface area contributed by atoms with Gasteiger partial charge in [-0.1, -0.05) is 26.2 Å². The molecule has 1 N–H and O–H groups in total. The Balaban J connectivity index is 1.83. The Hall–Kier alpha value is -0.770. The molecule has 2 rings (SSSR count). The first kappa shape index (κ1) is 19.6. The summed E-state index contributed by atoms with van der Waals surface area (Å²) in [6.45, 7) is 12.1. The van der Waals surface area contributed by atoms with Crippen LogP contribution in [0.4, 0.5) is 4.79 Å². The van der Waals surface area contributed by atoms with Gasteiger partial charge in [-0.3, -0.25) is 0 Å². The molecule has 1 aliphatic heterocycles. The lowest BCUT2D eigenvalue weighted by atomic mass is 9.83. The number of rotatable bonds is 4. The Kier molecular flexibility index (Phi) is 6.97. The summed E-state index contributed by atoms with van der Waals surface area (Å²) in [6.07, 6.45) is 8.84. The van der Waals surface area contributed by atoms with Crippen LogP contribution in [0.5, 0.6) is 0 Å². The molecule has 24 heavy (non-hydrogen) atoms. The van der Waals surface area contributed by atoms with Gasteiger partial charge in [-0.25, -0.2) is 4.79 Å². The predicted molar refractivity (Wildman–Crippen MR) is 99.2 cm³/mol. The fourth-order valence-electron chi connectivity index (χ4n) is 4.23. The molecular formula is C20H38N2O2. The molecule has 2 aliphatic rings. The zero-order valence-electron chi connectivity index (χ0n) is 16.4. The predicted octanol–water partition coefficient (Wildman–Crippen LogP) is 4.58. The van der Waals surface area contributed by atoms with Gasteiger partial charge in [0.15, 0.2) is 0 Å². The minimum absolute atomic E-state index is 0.150. The number of nitrogens with zero attached hydrogens (tertiary/aromatic N) is 1. The minimum Gasteiger partial charge on any atom is -0.444 e. The first-order valence-corrected chi connectivity index (χ1v) is 10.0. The number of amides is 1. The molecule has 4 unspecified atom stereocenters. The smallest absolute Gasteiger partial charge is 0.410 e. The second-order valence-corrected chi connectivity index (χ2v) is 8.92. The second-order valence-electron chi connectivity index (χ2n) is 8.92. The van der Waals surface area contributed by atoms with Crippen molar-refractivity contribution in [3.05, 3.63) is 0 Å². The van der Waals surface area contributed by atoms with Crippen LogP contribution in [0.2, 0.25) is 0 Å². The summed E-state index contributed by atoms with van der Waals surface area (Å²) in [5.74, 6) is 1.43. The Bertz CT molecular complexity index is 405. The Morgan fingerprint density at radius 1 is 1.25 bits per heavy atom. The van der Waals surface area contributed by atoms with Crippen LogP contribution in [0.1, 0.15) is 79.6 Å². The van der Waals surface area contributed by atoms with E-state index in [9.17, 15) is 4.79 Å². The van der Waals surface area contributed by atoms with Crippen LogP contribution in [-0.4, -0.2) is 41.8 Å². The van der Waals surface area contributed by atoms with E-state index in [0.29, 0.717) is 18.0 Å². The molecule has 1 saturated heterocycles. The lowest BCUT2D eigenvalue weighted by Gasteiger charge is -2.39. The summed E-state index contributed by atoms with van der Waals surface area (Å²) in [4.78, 5) is 14.2. The van der Waals surface area contributed by atoms with Gasteiger partial charge >= 0.3 is 6.09 Å². The van der Waals surface area contributed by atoms with Crippen LogP contribution in [0, 0.1) is 11.8 Å². The standard InChI is InChI=1S/C20H38N2O2/c1-6-16-9-7-11-18(13-16)21-15(2)17-10-8-12-22(14-17)19(23)24-20(3,4)5/h15-18,21H,6-14H2,1-5H3. The fraction of sp³-hybridized carbons (Fsp3) is 0.950. The Morgan fingerprint density at radius 3 is 2.67 bits per heavy atom. The van der Waals surface area contributed by atoms with Crippen LogP contribution in [0.15, 0.2) is 0 Å². The van der Waals surface area contributed by atoms with Crippen LogP contribution < -0.4 is 5.32 Å². The molecule has 0 aromatic rings. The van der Waals surface area contributed by atoms with Crippen molar-refractivity contribution in [1.29, 1.82) is 0 Å². The van der Waals surface area contributed by atoms with E-state index in [1.54, 1.807) is 0 Å². The zero-order valence-corrected chi connectivity index (χ0v) is 16.4. The summed E-state index contributed by atoms with van der Waals surface area (Å²) in [6, 6.07) is 1.13. The number of carbonyl (C=O) groups excluding carboxylic acids is 1. The number of piperidine rings is 1. The number of ether oxygens (including phenoxy) is 1. The third kappa shape index (κ3) is 5.94. The molecule has 1 saturated carbocycles. The molecule has 0 bridgehead atoms. The van der Waals surface area contributed by atoms with E-state index in [1.165, 1.54) is 38.5 Å². The van der Waals surface area contributed by atoms with Crippen LogP contribution in [-0.2, 0) is 4.74 Å². The average molecular weight is 339 g/mol. The molecule has 4 heteroatoms. The molecular weight excluding hydrogens is 300 g/mol.